The maximum Gasteiger partial charge on any atom is 0.270 e. The summed E-state index contributed by atoms with van der Waals surface area (Å²) < 4.78 is 0. The number of carbonyl (C=O) groups excluding carboxylic acids is 2. The number of hydrogen-bond acceptors (Lipinski definition) is 4. The van der Waals surface area contributed by atoms with E-state index in [1.165, 1.54) is 11.0 Å². The average Bonchev–Trinajstić information content (AvgIpc) is 2.69. The Bertz CT molecular complexity index is 1190. The van der Waals surface area contributed by atoms with Crippen molar-refractivity contribution in [3.8, 4) is 0 Å². The van der Waals surface area contributed by atoms with Crippen molar-refractivity contribution in [2.45, 2.75) is 38.6 Å². The van der Waals surface area contributed by atoms with Crippen molar-refractivity contribution < 1.29 is 9.59 Å². The summed E-state index contributed by atoms with van der Waals surface area (Å²) in [6.45, 7) is 6.58. The summed E-state index contributed by atoms with van der Waals surface area (Å²) in [5.74, 6) is -0.781. The Hall–Kier alpha value is -2.41. The van der Waals surface area contributed by atoms with E-state index in [0.29, 0.717) is 27.2 Å². The first-order chi connectivity index (χ1) is 15.0. The molecule has 0 spiro atoms. The summed E-state index contributed by atoms with van der Waals surface area (Å²) in [7, 11) is 2.06. The van der Waals surface area contributed by atoms with E-state index in [4.69, 9.17) is 35.4 Å². The molecule has 1 unspecified atom stereocenters. The van der Waals surface area contributed by atoms with Crippen molar-refractivity contribution in [1.29, 1.82) is 0 Å². The second-order valence-corrected chi connectivity index (χ2v) is 10.1. The van der Waals surface area contributed by atoms with Crippen LogP contribution in [0.25, 0.3) is 6.08 Å². The predicted molar refractivity (Wildman–Crippen MR) is 135 cm³/mol. The number of rotatable bonds is 2. The van der Waals surface area contributed by atoms with E-state index in [9.17, 15) is 9.59 Å². The molecule has 0 saturated carbocycles. The second kappa shape index (κ2) is 8.18. The largest absolute Gasteiger partial charge is 0.369 e. The Labute approximate surface area is 203 Å². The number of hydrogen-bond donors (Lipinski definition) is 1. The minimum atomic E-state index is -0.557. The fourth-order valence-electron chi connectivity index (χ4n) is 4.38. The fraction of sp³-hybridized carbons (Fsp3) is 0.292. The van der Waals surface area contributed by atoms with Crippen LogP contribution in [0.5, 0.6) is 0 Å². The summed E-state index contributed by atoms with van der Waals surface area (Å²) in [6.07, 6.45) is 2.51. The fourth-order valence-corrected chi connectivity index (χ4v) is 5.06. The topological polar surface area (TPSA) is 52.7 Å². The molecule has 0 bridgehead atoms. The molecule has 0 radical (unpaired) electrons. The van der Waals surface area contributed by atoms with Gasteiger partial charge in [0.25, 0.3) is 11.8 Å². The lowest BCUT2D eigenvalue weighted by Crippen LogP contribution is -2.54. The molecular weight excluding hydrogens is 465 g/mol. The molecule has 2 amide bonds. The van der Waals surface area contributed by atoms with Crippen LogP contribution in [-0.4, -0.2) is 29.5 Å². The molecule has 1 fully saturated rings. The Balaban J connectivity index is 1.78. The van der Waals surface area contributed by atoms with Crippen molar-refractivity contribution >= 4 is 69.8 Å². The molecule has 2 aromatic carbocycles. The van der Waals surface area contributed by atoms with Gasteiger partial charge in [0.1, 0.15) is 5.57 Å². The van der Waals surface area contributed by atoms with E-state index in [1.807, 2.05) is 12.1 Å². The molecule has 0 aromatic heterocycles. The van der Waals surface area contributed by atoms with Crippen LogP contribution >= 0.6 is 35.4 Å². The van der Waals surface area contributed by atoms with Crippen molar-refractivity contribution in [1.82, 2.24) is 5.32 Å². The number of anilines is 2. The van der Waals surface area contributed by atoms with Crippen LogP contribution in [-0.2, 0) is 9.59 Å². The van der Waals surface area contributed by atoms with Gasteiger partial charge in [-0.1, -0.05) is 36.2 Å². The summed E-state index contributed by atoms with van der Waals surface area (Å²) in [6, 6.07) is 10.6. The number of nitrogens with zero attached hydrogens (tertiary/aromatic N) is 2. The highest BCUT2D eigenvalue weighted by Gasteiger charge is 2.36. The molecule has 2 aromatic rings. The van der Waals surface area contributed by atoms with E-state index in [1.54, 1.807) is 24.3 Å². The highest BCUT2D eigenvalue weighted by atomic mass is 35.5. The van der Waals surface area contributed by atoms with Crippen LogP contribution in [0, 0.1) is 0 Å². The third kappa shape index (κ3) is 3.91. The Morgan fingerprint density at radius 3 is 2.59 bits per heavy atom. The standard InChI is InChI=1S/C24H23Cl2N3O2S/c1-13-12-24(2,3)28(4)20-11-19(26)14(8-17(13)20)9-18-21(30)27-23(32)29(22(18)31)16-7-5-6-15(25)10-16/h5-11,13H,12H2,1-4H3,(H,27,30,32)/b18-9-. The number of amides is 2. The molecule has 2 heterocycles. The molecule has 1 N–H and O–H groups in total. The van der Waals surface area contributed by atoms with Gasteiger partial charge in [0.05, 0.1) is 5.69 Å². The minimum absolute atomic E-state index is 0.00209. The van der Waals surface area contributed by atoms with Gasteiger partial charge in [-0.15, -0.1) is 0 Å². The molecule has 5 nitrogen and oxygen atoms in total. The number of carbonyl (C=O) groups is 2. The third-order valence-electron chi connectivity index (χ3n) is 6.22. The van der Waals surface area contributed by atoms with E-state index >= 15 is 0 Å². The monoisotopic (exact) mass is 487 g/mol. The van der Waals surface area contributed by atoms with Crippen LogP contribution in [0.1, 0.15) is 44.2 Å². The molecule has 1 saturated heterocycles. The van der Waals surface area contributed by atoms with Gasteiger partial charge in [-0.2, -0.15) is 0 Å². The smallest absolute Gasteiger partial charge is 0.270 e. The number of thiocarbonyl (C=S) groups is 1. The molecular formula is C24H23Cl2N3O2S. The highest BCUT2D eigenvalue weighted by Crippen LogP contribution is 2.44. The van der Waals surface area contributed by atoms with Crippen LogP contribution in [0.2, 0.25) is 10.0 Å². The summed E-state index contributed by atoms with van der Waals surface area (Å²) in [5.41, 5.74) is 3.24. The Kier molecular flexibility index (Phi) is 5.82. The number of nitrogens with one attached hydrogen (secondary N) is 1. The van der Waals surface area contributed by atoms with Crippen molar-refractivity contribution in [2.24, 2.45) is 0 Å². The lowest BCUT2D eigenvalue weighted by atomic mass is 9.80. The lowest BCUT2D eigenvalue weighted by Gasteiger charge is -2.45. The zero-order valence-corrected chi connectivity index (χ0v) is 20.5. The predicted octanol–water partition coefficient (Wildman–Crippen LogP) is 5.55. The van der Waals surface area contributed by atoms with Gasteiger partial charge < -0.3 is 4.90 Å². The van der Waals surface area contributed by atoms with E-state index in [0.717, 1.165) is 17.7 Å². The van der Waals surface area contributed by atoms with Crippen molar-refractivity contribution in [3.63, 3.8) is 0 Å². The van der Waals surface area contributed by atoms with Crippen molar-refractivity contribution in [2.75, 3.05) is 16.8 Å². The van der Waals surface area contributed by atoms with Gasteiger partial charge in [-0.25, -0.2) is 0 Å². The number of benzene rings is 2. The second-order valence-electron chi connectivity index (χ2n) is 8.85. The van der Waals surface area contributed by atoms with Gasteiger partial charge in [-0.3, -0.25) is 19.8 Å². The first-order valence-corrected chi connectivity index (χ1v) is 11.4. The Morgan fingerprint density at radius 1 is 1.19 bits per heavy atom. The van der Waals surface area contributed by atoms with Crippen LogP contribution < -0.4 is 15.1 Å². The van der Waals surface area contributed by atoms with E-state index in [2.05, 4.69) is 38.0 Å². The SMILES string of the molecule is CC1CC(C)(C)N(C)c2cc(Cl)c(/C=C3/C(=O)NC(=S)N(c4cccc(Cl)c4)C3=O)cc21. The molecule has 2 aliphatic rings. The number of halogens is 2. The molecule has 8 heteroatoms. The van der Waals surface area contributed by atoms with Gasteiger partial charge in [0.15, 0.2) is 5.11 Å². The zero-order chi connectivity index (χ0) is 23.4. The third-order valence-corrected chi connectivity index (χ3v) is 7.07. The van der Waals surface area contributed by atoms with Gasteiger partial charge in [0.2, 0.25) is 0 Å². The number of fused-ring (bicyclic) bond motifs is 1. The zero-order valence-electron chi connectivity index (χ0n) is 18.2. The summed E-state index contributed by atoms with van der Waals surface area (Å²) in [5, 5.41) is 3.53. The van der Waals surface area contributed by atoms with Gasteiger partial charge >= 0.3 is 0 Å². The minimum Gasteiger partial charge on any atom is -0.369 e. The maximum absolute atomic E-state index is 13.3. The molecule has 166 valence electrons. The normalized spacial score (nSPS) is 21.6. The molecule has 2 aliphatic heterocycles. The van der Waals surface area contributed by atoms with E-state index < -0.39 is 11.8 Å². The average molecular weight is 488 g/mol. The van der Waals surface area contributed by atoms with Crippen LogP contribution in [0.4, 0.5) is 11.4 Å². The van der Waals surface area contributed by atoms with E-state index in [-0.39, 0.29) is 16.2 Å². The maximum atomic E-state index is 13.3. The first-order valence-electron chi connectivity index (χ1n) is 10.2. The Morgan fingerprint density at radius 2 is 1.91 bits per heavy atom. The van der Waals surface area contributed by atoms with Gasteiger partial charge in [0, 0.05) is 28.3 Å². The summed E-state index contributed by atoms with van der Waals surface area (Å²) in [4.78, 5) is 29.4. The molecule has 32 heavy (non-hydrogen) atoms. The van der Waals surface area contributed by atoms with Crippen molar-refractivity contribution in [3.05, 3.63) is 63.1 Å². The van der Waals surface area contributed by atoms with Gasteiger partial charge in [-0.05, 0) is 85.9 Å². The molecule has 0 aliphatic carbocycles. The summed E-state index contributed by atoms with van der Waals surface area (Å²) >= 11 is 17.9. The van der Waals surface area contributed by atoms with Crippen LogP contribution in [0.3, 0.4) is 0 Å². The molecule has 4 rings (SSSR count). The quantitative estimate of drug-likeness (QED) is 0.342. The highest BCUT2D eigenvalue weighted by molar-refractivity contribution is 7.80. The first kappa shape index (κ1) is 22.8. The lowest BCUT2D eigenvalue weighted by molar-refractivity contribution is -0.122. The molecule has 1 atom stereocenters. The van der Waals surface area contributed by atoms with Crippen LogP contribution in [0.15, 0.2) is 42.0 Å².